The Morgan fingerprint density at radius 1 is 0.731 bits per heavy atom. The summed E-state index contributed by atoms with van der Waals surface area (Å²) in [7, 11) is 0. The van der Waals surface area contributed by atoms with Gasteiger partial charge >= 0.3 is 0 Å². The molecular weight excluding hydrogens is 318 g/mol. The largest absolute Gasteiger partial charge is 0.279 e. The quantitative estimate of drug-likeness (QED) is 0.410. The van der Waals surface area contributed by atoms with E-state index < -0.39 is 0 Å². The van der Waals surface area contributed by atoms with Crippen LogP contribution in [0.1, 0.15) is 53.3 Å². The van der Waals surface area contributed by atoms with E-state index in [1.54, 1.807) is 0 Å². The molecular formula is C23H27N3. The Balaban J connectivity index is 2.23. The monoisotopic (exact) mass is 345 g/mol. The zero-order valence-corrected chi connectivity index (χ0v) is 16.5. The van der Waals surface area contributed by atoms with Crippen molar-refractivity contribution < 1.29 is 0 Å². The summed E-state index contributed by atoms with van der Waals surface area (Å²) in [6.45, 7) is 13.9. The number of imidazole rings is 1. The zero-order valence-electron chi connectivity index (χ0n) is 16.5. The molecule has 0 fully saturated rings. The minimum Gasteiger partial charge on any atom is -0.279 e. The standard InChI is InChI=1S/C23H27N3/c1-22(2,3)19(23(4,5)6)21-24-16-12-8-7-11-15(16)20-25-17-13-9-10-14-18(17)26(20)21/h7-14,19H,1-6H3. The van der Waals surface area contributed by atoms with E-state index >= 15 is 0 Å². The number of nitrogens with zero attached hydrogens (tertiary/aromatic N) is 3. The van der Waals surface area contributed by atoms with Crippen molar-refractivity contribution >= 4 is 27.6 Å². The van der Waals surface area contributed by atoms with E-state index in [9.17, 15) is 0 Å². The highest BCUT2D eigenvalue weighted by Gasteiger charge is 2.39. The van der Waals surface area contributed by atoms with Crippen molar-refractivity contribution in [2.24, 2.45) is 10.8 Å². The van der Waals surface area contributed by atoms with Gasteiger partial charge in [0.1, 0.15) is 11.5 Å². The predicted octanol–water partition coefficient (Wildman–Crippen LogP) is 6.21. The Morgan fingerprint density at radius 2 is 1.31 bits per heavy atom. The van der Waals surface area contributed by atoms with Gasteiger partial charge in [0, 0.05) is 11.3 Å². The highest BCUT2D eigenvalue weighted by atomic mass is 15.1. The molecule has 0 saturated carbocycles. The molecule has 2 heterocycles. The van der Waals surface area contributed by atoms with Crippen molar-refractivity contribution in [1.29, 1.82) is 0 Å². The van der Waals surface area contributed by atoms with E-state index in [1.165, 1.54) is 0 Å². The maximum absolute atomic E-state index is 5.18. The number of fused-ring (bicyclic) bond motifs is 5. The van der Waals surface area contributed by atoms with Crippen LogP contribution in [0.25, 0.3) is 27.6 Å². The summed E-state index contributed by atoms with van der Waals surface area (Å²) in [6.07, 6.45) is 0. The first kappa shape index (κ1) is 17.0. The third-order valence-corrected chi connectivity index (χ3v) is 5.16. The maximum Gasteiger partial charge on any atom is 0.148 e. The van der Waals surface area contributed by atoms with Gasteiger partial charge in [0.2, 0.25) is 0 Å². The van der Waals surface area contributed by atoms with Crippen LogP contribution in [0.5, 0.6) is 0 Å². The van der Waals surface area contributed by atoms with Gasteiger partial charge in [-0.15, -0.1) is 0 Å². The summed E-state index contributed by atoms with van der Waals surface area (Å²) in [6, 6.07) is 16.7. The molecule has 0 N–H and O–H groups in total. The van der Waals surface area contributed by atoms with E-state index in [4.69, 9.17) is 9.97 Å². The number of aromatic nitrogens is 3. The number of benzene rings is 2. The summed E-state index contributed by atoms with van der Waals surface area (Å²) >= 11 is 0. The molecule has 0 saturated heterocycles. The van der Waals surface area contributed by atoms with E-state index in [0.717, 1.165) is 33.4 Å². The first-order valence-corrected chi connectivity index (χ1v) is 9.34. The second-order valence-electron chi connectivity index (χ2n) is 9.41. The Morgan fingerprint density at radius 3 is 1.96 bits per heavy atom. The summed E-state index contributed by atoms with van der Waals surface area (Å²) in [4.78, 5) is 10.2. The SMILES string of the molecule is CC(C)(C)C(c1nc2ccccc2c2nc3ccccc3n12)C(C)(C)C. The smallest absolute Gasteiger partial charge is 0.148 e. The van der Waals surface area contributed by atoms with Crippen LogP contribution in [-0.2, 0) is 0 Å². The Bertz CT molecular complexity index is 1090. The average molecular weight is 345 g/mol. The van der Waals surface area contributed by atoms with Crippen molar-refractivity contribution in [2.45, 2.75) is 47.5 Å². The first-order chi connectivity index (χ1) is 12.2. The Kier molecular flexibility index (Phi) is 3.62. The van der Waals surface area contributed by atoms with Crippen LogP contribution in [0.3, 0.4) is 0 Å². The minimum atomic E-state index is 0.0754. The summed E-state index contributed by atoms with van der Waals surface area (Å²) in [5.74, 6) is 1.38. The molecule has 0 aliphatic heterocycles. The molecule has 4 aromatic rings. The van der Waals surface area contributed by atoms with Gasteiger partial charge in [0.05, 0.1) is 16.6 Å². The van der Waals surface area contributed by atoms with Crippen LogP contribution in [0.15, 0.2) is 48.5 Å². The molecule has 3 heteroatoms. The van der Waals surface area contributed by atoms with Crippen LogP contribution in [-0.4, -0.2) is 14.4 Å². The van der Waals surface area contributed by atoms with Crippen molar-refractivity contribution in [2.75, 3.05) is 0 Å². The van der Waals surface area contributed by atoms with Crippen molar-refractivity contribution in [3.8, 4) is 0 Å². The van der Waals surface area contributed by atoms with E-state index in [1.807, 2.05) is 0 Å². The molecule has 0 spiro atoms. The fraction of sp³-hybridized carbons (Fsp3) is 0.391. The second kappa shape index (κ2) is 5.54. The van der Waals surface area contributed by atoms with Gasteiger partial charge in [0.25, 0.3) is 0 Å². The van der Waals surface area contributed by atoms with Gasteiger partial charge in [-0.25, -0.2) is 9.97 Å². The lowest BCUT2D eigenvalue weighted by Gasteiger charge is -2.40. The zero-order chi connectivity index (χ0) is 18.7. The fourth-order valence-corrected chi connectivity index (χ4v) is 4.64. The molecule has 26 heavy (non-hydrogen) atoms. The molecule has 0 aliphatic rings. The number of rotatable bonds is 1. The number of hydrogen-bond acceptors (Lipinski definition) is 2. The minimum absolute atomic E-state index is 0.0754. The highest BCUT2D eigenvalue weighted by molar-refractivity contribution is 5.96. The van der Waals surface area contributed by atoms with Gasteiger partial charge in [-0.1, -0.05) is 65.8 Å². The highest BCUT2D eigenvalue weighted by Crippen LogP contribution is 2.47. The van der Waals surface area contributed by atoms with Crippen LogP contribution in [0, 0.1) is 10.8 Å². The van der Waals surface area contributed by atoms with Gasteiger partial charge in [0.15, 0.2) is 0 Å². The van der Waals surface area contributed by atoms with Gasteiger partial charge < -0.3 is 0 Å². The average Bonchev–Trinajstić information content (AvgIpc) is 2.92. The molecule has 134 valence electrons. The topological polar surface area (TPSA) is 30.2 Å². The molecule has 0 bridgehead atoms. The maximum atomic E-state index is 5.18. The second-order valence-corrected chi connectivity index (χ2v) is 9.41. The molecule has 0 aliphatic carbocycles. The third-order valence-electron chi connectivity index (χ3n) is 5.16. The van der Waals surface area contributed by atoms with Crippen LogP contribution in [0.4, 0.5) is 0 Å². The van der Waals surface area contributed by atoms with Gasteiger partial charge in [-0.2, -0.15) is 0 Å². The number of para-hydroxylation sites is 3. The van der Waals surface area contributed by atoms with Crippen molar-refractivity contribution in [1.82, 2.24) is 14.4 Å². The van der Waals surface area contributed by atoms with Crippen molar-refractivity contribution in [3.63, 3.8) is 0 Å². The molecule has 0 atom stereocenters. The lowest BCUT2D eigenvalue weighted by Crippen LogP contribution is -2.32. The number of hydrogen-bond donors (Lipinski definition) is 0. The molecule has 2 aromatic heterocycles. The summed E-state index contributed by atoms with van der Waals surface area (Å²) in [5.41, 5.74) is 4.33. The van der Waals surface area contributed by atoms with Crippen molar-refractivity contribution in [3.05, 3.63) is 54.4 Å². The first-order valence-electron chi connectivity index (χ1n) is 9.34. The summed E-state index contributed by atoms with van der Waals surface area (Å²) in [5, 5.41) is 1.11. The molecule has 0 amide bonds. The molecule has 0 unspecified atom stereocenters. The van der Waals surface area contributed by atoms with E-state index in [2.05, 4.69) is 94.5 Å². The molecule has 0 radical (unpaired) electrons. The van der Waals surface area contributed by atoms with Crippen LogP contribution in [0.2, 0.25) is 0 Å². The predicted molar refractivity (Wildman–Crippen MR) is 110 cm³/mol. The molecule has 4 rings (SSSR count). The van der Waals surface area contributed by atoms with Crippen LogP contribution >= 0.6 is 0 Å². The van der Waals surface area contributed by atoms with Crippen LogP contribution < -0.4 is 0 Å². The molecule has 3 nitrogen and oxygen atoms in total. The van der Waals surface area contributed by atoms with Gasteiger partial charge in [-0.3, -0.25) is 4.40 Å². The van der Waals surface area contributed by atoms with E-state index in [0.29, 0.717) is 0 Å². The Labute approximate surface area is 155 Å². The lowest BCUT2D eigenvalue weighted by atomic mass is 9.66. The third kappa shape index (κ3) is 2.57. The lowest BCUT2D eigenvalue weighted by molar-refractivity contribution is 0.167. The summed E-state index contributed by atoms with van der Waals surface area (Å²) < 4.78 is 2.29. The fourth-order valence-electron chi connectivity index (χ4n) is 4.64. The van der Waals surface area contributed by atoms with Gasteiger partial charge in [-0.05, 0) is 35.1 Å². The molecule has 2 aromatic carbocycles. The normalized spacial score (nSPS) is 13.3. The van der Waals surface area contributed by atoms with E-state index in [-0.39, 0.29) is 16.7 Å². The Hall–Kier alpha value is -2.42.